The van der Waals surface area contributed by atoms with E-state index in [0.717, 1.165) is 11.3 Å². The summed E-state index contributed by atoms with van der Waals surface area (Å²) in [5, 5.41) is 0.415. The largest absolute Gasteiger partial charge is 0.308 e. The second kappa shape index (κ2) is 5.79. The maximum Gasteiger partial charge on any atom is 0.250 e. The zero-order valence-corrected chi connectivity index (χ0v) is 12.8. The Bertz CT molecular complexity index is 439. The van der Waals surface area contributed by atoms with Gasteiger partial charge in [-0.25, -0.2) is 13.1 Å². The smallest absolute Gasteiger partial charge is 0.250 e. The van der Waals surface area contributed by atoms with E-state index in [2.05, 4.69) is 20.7 Å². The lowest BCUT2D eigenvalue weighted by molar-refractivity contribution is 0.412. The number of sulfonamides is 1. The van der Waals surface area contributed by atoms with Gasteiger partial charge in [0.15, 0.2) is 0 Å². The maximum absolute atomic E-state index is 11.8. The van der Waals surface area contributed by atoms with Crippen LogP contribution < -0.4 is 4.72 Å². The first-order chi connectivity index (χ1) is 7.33. The number of rotatable bonds is 5. The first kappa shape index (κ1) is 14.4. The molecule has 0 saturated carbocycles. The Morgan fingerprint density at radius 3 is 2.62 bits per heavy atom. The van der Waals surface area contributed by atoms with Crippen LogP contribution in [0.15, 0.2) is 14.1 Å². The third-order valence-corrected chi connectivity index (χ3v) is 6.15. The average molecular weight is 348 g/mol. The van der Waals surface area contributed by atoms with E-state index >= 15 is 0 Å². The summed E-state index contributed by atoms with van der Waals surface area (Å²) in [6, 6.07) is 1.44. The second-order valence-corrected chi connectivity index (χ2v) is 8.16. The van der Waals surface area contributed by atoms with E-state index < -0.39 is 10.0 Å². The van der Waals surface area contributed by atoms with E-state index in [-0.39, 0.29) is 4.21 Å². The van der Waals surface area contributed by atoms with Crippen LogP contribution in [-0.2, 0) is 10.0 Å². The number of hydrogen-bond acceptors (Lipinski definition) is 4. The number of likely N-dealkylation sites (N-methyl/N-ethyl adjacent to an activating group) is 1. The van der Waals surface area contributed by atoms with Crippen LogP contribution in [0.25, 0.3) is 0 Å². The molecule has 1 N–H and O–H groups in total. The van der Waals surface area contributed by atoms with Gasteiger partial charge >= 0.3 is 0 Å². The monoisotopic (exact) mass is 346 g/mol. The van der Waals surface area contributed by atoms with Gasteiger partial charge in [0, 0.05) is 13.1 Å². The molecule has 8 heteroatoms. The van der Waals surface area contributed by atoms with Crippen molar-refractivity contribution in [2.75, 3.05) is 27.2 Å². The Kier molecular flexibility index (Phi) is 5.21. The normalized spacial score (nSPS) is 12.3. The summed E-state index contributed by atoms with van der Waals surface area (Å²) in [5.74, 6) is 0. The summed E-state index contributed by atoms with van der Waals surface area (Å²) in [7, 11) is 0.333. The highest BCUT2D eigenvalue weighted by Gasteiger charge is 2.18. The van der Waals surface area contributed by atoms with Gasteiger partial charge in [-0.15, -0.1) is 11.3 Å². The summed E-state index contributed by atoms with van der Waals surface area (Å²) >= 11 is 10.1. The predicted octanol–water partition coefficient (Wildman–Crippen LogP) is 2.00. The summed E-state index contributed by atoms with van der Waals surface area (Å²) in [6.07, 6.45) is 0. The third kappa shape index (κ3) is 3.97. The van der Waals surface area contributed by atoms with E-state index in [4.69, 9.17) is 11.6 Å². The molecule has 16 heavy (non-hydrogen) atoms. The first-order valence-corrected chi connectivity index (χ1v) is 7.89. The first-order valence-electron chi connectivity index (χ1n) is 4.42. The molecule has 0 fully saturated rings. The molecule has 0 unspecified atom stereocenters. The third-order valence-electron chi connectivity index (χ3n) is 1.74. The molecule has 0 aliphatic carbocycles. The summed E-state index contributed by atoms with van der Waals surface area (Å²) in [4.78, 5) is 1.90. The van der Waals surface area contributed by atoms with Crippen LogP contribution in [0.1, 0.15) is 0 Å². The average Bonchev–Trinajstić information content (AvgIpc) is 2.46. The lowest BCUT2D eigenvalue weighted by Gasteiger charge is -2.09. The van der Waals surface area contributed by atoms with Crippen molar-refractivity contribution < 1.29 is 8.42 Å². The highest BCUT2D eigenvalue weighted by Crippen LogP contribution is 2.34. The van der Waals surface area contributed by atoms with Gasteiger partial charge in [0.2, 0.25) is 10.0 Å². The number of hydrogen-bond donors (Lipinski definition) is 1. The fourth-order valence-corrected chi connectivity index (χ4v) is 4.40. The summed E-state index contributed by atoms with van der Waals surface area (Å²) in [5.41, 5.74) is 0. The molecule has 1 aromatic heterocycles. The van der Waals surface area contributed by atoms with Gasteiger partial charge in [0.1, 0.15) is 4.21 Å². The standard InChI is InChI=1S/C8H12BrClN2O2S2/c1-12(2)4-3-11-16(13,14)7-5-6(10)8(9)15-7/h5,11H,3-4H2,1-2H3. The molecule has 1 aromatic rings. The molecule has 0 amide bonds. The molecule has 0 atom stereocenters. The SMILES string of the molecule is CN(C)CCNS(=O)(=O)c1cc(Cl)c(Br)s1. The predicted molar refractivity (Wildman–Crippen MR) is 70.8 cm³/mol. The molecular weight excluding hydrogens is 336 g/mol. The zero-order chi connectivity index (χ0) is 12.3. The molecule has 1 rings (SSSR count). The summed E-state index contributed by atoms with van der Waals surface area (Å²) in [6.45, 7) is 1.03. The number of nitrogens with zero attached hydrogens (tertiary/aromatic N) is 1. The molecule has 0 aromatic carbocycles. The minimum Gasteiger partial charge on any atom is -0.308 e. The molecule has 0 saturated heterocycles. The van der Waals surface area contributed by atoms with Crippen molar-refractivity contribution in [2.45, 2.75) is 4.21 Å². The van der Waals surface area contributed by atoms with Crippen LogP contribution in [0.5, 0.6) is 0 Å². The molecule has 4 nitrogen and oxygen atoms in total. The Hall–Kier alpha value is 0.340. The van der Waals surface area contributed by atoms with Crippen molar-refractivity contribution in [1.82, 2.24) is 9.62 Å². The molecule has 0 aliphatic rings. The van der Waals surface area contributed by atoms with Crippen molar-refractivity contribution in [2.24, 2.45) is 0 Å². The van der Waals surface area contributed by atoms with Gasteiger partial charge in [0.25, 0.3) is 0 Å². The van der Waals surface area contributed by atoms with Gasteiger partial charge in [-0.3, -0.25) is 0 Å². The molecule has 92 valence electrons. The van der Waals surface area contributed by atoms with E-state index in [1.165, 1.54) is 6.07 Å². The van der Waals surface area contributed by atoms with E-state index in [9.17, 15) is 8.42 Å². The van der Waals surface area contributed by atoms with Crippen molar-refractivity contribution in [3.8, 4) is 0 Å². The topological polar surface area (TPSA) is 49.4 Å². The van der Waals surface area contributed by atoms with Crippen LogP contribution in [0.2, 0.25) is 5.02 Å². The molecule has 1 heterocycles. The van der Waals surface area contributed by atoms with Gasteiger partial charge in [-0.05, 0) is 36.1 Å². The Morgan fingerprint density at radius 1 is 1.56 bits per heavy atom. The molecule has 0 aliphatic heterocycles. The fourth-order valence-electron chi connectivity index (χ4n) is 0.934. The number of thiophene rings is 1. The van der Waals surface area contributed by atoms with Gasteiger partial charge in [-0.1, -0.05) is 11.6 Å². The second-order valence-electron chi connectivity index (χ2n) is 3.39. The number of halogens is 2. The van der Waals surface area contributed by atoms with Gasteiger partial charge < -0.3 is 4.90 Å². The van der Waals surface area contributed by atoms with Gasteiger partial charge in [0.05, 0.1) is 8.81 Å². The molecule has 0 spiro atoms. The Balaban J connectivity index is 2.71. The van der Waals surface area contributed by atoms with E-state index in [1.807, 2.05) is 19.0 Å². The quantitative estimate of drug-likeness (QED) is 0.886. The van der Waals surface area contributed by atoms with Crippen LogP contribution in [-0.4, -0.2) is 40.5 Å². The van der Waals surface area contributed by atoms with Crippen LogP contribution in [0.3, 0.4) is 0 Å². The van der Waals surface area contributed by atoms with Gasteiger partial charge in [-0.2, -0.15) is 0 Å². The zero-order valence-electron chi connectivity index (χ0n) is 8.83. The maximum atomic E-state index is 11.8. The molecule has 0 radical (unpaired) electrons. The Labute approximate surface area is 113 Å². The molecular formula is C8H12BrClN2O2S2. The van der Waals surface area contributed by atoms with Crippen LogP contribution in [0, 0.1) is 0 Å². The van der Waals surface area contributed by atoms with Crippen molar-refractivity contribution >= 4 is 48.9 Å². The minimum absolute atomic E-state index is 0.225. The molecule has 0 bridgehead atoms. The van der Waals surface area contributed by atoms with E-state index in [0.29, 0.717) is 21.9 Å². The van der Waals surface area contributed by atoms with Crippen molar-refractivity contribution in [3.05, 3.63) is 14.9 Å². The van der Waals surface area contributed by atoms with Crippen molar-refractivity contribution in [3.63, 3.8) is 0 Å². The lowest BCUT2D eigenvalue weighted by atomic mass is 10.6. The highest BCUT2D eigenvalue weighted by molar-refractivity contribution is 9.11. The van der Waals surface area contributed by atoms with Crippen LogP contribution in [0.4, 0.5) is 0 Å². The van der Waals surface area contributed by atoms with Crippen LogP contribution >= 0.6 is 38.9 Å². The summed E-state index contributed by atoms with van der Waals surface area (Å²) < 4.78 is 26.9. The number of nitrogens with one attached hydrogen (secondary N) is 1. The van der Waals surface area contributed by atoms with E-state index in [1.54, 1.807) is 0 Å². The van der Waals surface area contributed by atoms with Crippen molar-refractivity contribution in [1.29, 1.82) is 0 Å². The minimum atomic E-state index is -3.43. The fraction of sp³-hybridized carbons (Fsp3) is 0.500. The lowest BCUT2D eigenvalue weighted by Crippen LogP contribution is -2.30. The highest BCUT2D eigenvalue weighted by atomic mass is 79.9. The Morgan fingerprint density at radius 2 is 2.19 bits per heavy atom.